The number of rotatable bonds is 8. The van der Waals surface area contributed by atoms with Gasteiger partial charge in [-0.3, -0.25) is 9.69 Å². The summed E-state index contributed by atoms with van der Waals surface area (Å²) in [5, 5.41) is 23.5. The number of piperidine rings is 1. The van der Waals surface area contributed by atoms with Gasteiger partial charge in [-0.2, -0.15) is 13.2 Å². The van der Waals surface area contributed by atoms with Crippen LogP contribution in [0.3, 0.4) is 0 Å². The third-order valence-electron chi connectivity index (χ3n) is 7.76. The van der Waals surface area contributed by atoms with Crippen LogP contribution in [0.15, 0.2) is 47.4 Å². The lowest BCUT2D eigenvalue weighted by Gasteiger charge is -2.34. The molecule has 0 radical (unpaired) electrons. The van der Waals surface area contributed by atoms with E-state index in [1.165, 1.54) is 24.8 Å². The Labute approximate surface area is 226 Å². The summed E-state index contributed by atoms with van der Waals surface area (Å²) < 4.78 is 64.2. The van der Waals surface area contributed by atoms with Gasteiger partial charge in [0.05, 0.1) is 22.3 Å². The smallest absolute Gasteiger partial charge is 0.389 e. The number of aliphatic hydroxyl groups is 2. The van der Waals surface area contributed by atoms with Crippen molar-refractivity contribution in [1.82, 2.24) is 10.2 Å². The molecule has 0 unspecified atom stereocenters. The van der Waals surface area contributed by atoms with Crippen LogP contribution in [0.5, 0.6) is 0 Å². The Morgan fingerprint density at radius 2 is 1.79 bits per heavy atom. The first-order valence-corrected chi connectivity index (χ1v) is 15.0. The number of benzene rings is 2. The molecule has 0 bridgehead atoms. The van der Waals surface area contributed by atoms with Gasteiger partial charge in [-0.05, 0) is 87.0 Å². The van der Waals surface area contributed by atoms with Gasteiger partial charge in [-0.25, -0.2) is 8.42 Å². The maximum atomic E-state index is 13.0. The number of aliphatic hydroxyl groups excluding tert-OH is 2. The van der Waals surface area contributed by atoms with Crippen molar-refractivity contribution in [2.75, 3.05) is 18.8 Å². The normalized spacial score (nSPS) is 21.0. The maximum absolute atomic E-state index is 13.0. The lowest BCUT2D eigenvalue weighted by Crippen LogP contribution is -2.46. The number of sulfone groups is 1. The highest BCUT2D eigenvalue weighted by molar-refractivity contribution is 7.91. The van der Waals surface area contributed by atoms with Gasteiger partial charge >= 0.3 is 6.18 Å². The Bertz CT molecular complexity index is 1280. The minimum atomic E-state index is -4.74. The summed E-state index contributed by atoms with van der Waals surface area (Å²) in [4.78, 5) is 14.6. The Morgan fingerprint density at radius 1 is 1.08 bits per heavy atom. The Morgan fingerprint density at radius 3 is 2.49 bits per heavy atom. The molecule has 11 heteroatoms. The van der Waals surface area contributed by atoms with Gasteiger partial charge in [-0.1, -0.05) is 30.7 Å². The molecule has 1 saturated heterocycles. The molecule has 7 nitrogen and oxygen atoms in total. The van der Waals surface area contributed by atoms with Crippen molar-refractivity contribution in [3.05, 3.63) is 64.7 Å². The molecule has 1 aliphatic carbocycles. The molecule has 1 amide bonds. The number of alkyl halides is 3. The van der Waals surface area contributed by atoms with E-state index in [1.807, 2.05) is 6.07 Å². The van der Waals surface area contributed by atoms with E-state index in [2.05, 4.69) is 29.3 Å². The molecule has 214 valence electrons. The number of carbonyl (C=O) groups is 1. The van der Waals surface area contributed by atoms with Crippen molar-refractivity contribution in [2.45, 2.75) is 80.8 Å². The van der Waals surface area contributed by atoms with E-state index in [4.69, 9.17) is 0 Å². The summed E-state index contributed by atoms with van der Waals surface area (Å²) in [6.07, 6.45) is -2.93. The quantitative estimate of drug-likeness (QED) is 0.446. The van der Waals surface area contributed by atoms with Gasteiger partial charge in [0.1, 0.15) is 6.10 Å². The monoisotopic (exact) mass is 568 g/mol. The molecule has 1 fully saturated rings. The van der Waals surface area contributed by atoms with Crippen LogP contribution in [0.2, 0.25) is 0 Å². The van der Waals surface area contributed by atoms with Crippen molar-refractivity contribution >= 4 is 15.7 Å². The van der Waals surface area contributed by atoms with Gasteiger partial charge < -0.3 is 15.5 Å². The molecule has 4 rings (SSSR count). The highest BCUT2D eigenvalue weighted by Crippen LogP contribution is 2.34. The van der Waals surface area contributed by atoms with Crippen molar-refractivity contribution in [1.29, 1.82) is 0 Å². The van der Waals surface area contributed by atoms with Gasteiger partial charge in [-0.15, -0.1) is 0 Å². The summed E-state index contributed by atoms with van der Waals surface area (Å²) in [6.45, 7) is 4.33. The number of halogens is 3. The fourth-order valence-electron chi connectivity index (χ4n) is 5.47. The Balaban J connectivity index is 1.41. The minimum absolute atomic E-state index is 0.279. The van der Waals surface area contributed by atoms with Crippen LogP contribution in [0, 0.1) is 0 Å². The molecule has 39 heavy (non-hydrogen) atoms. The Kier molecular flexibility index (Phi) is 9.05. The highest BCUT2D eigenvalue weighted by Gasteiger charge is 2.35. The van der Waals surface area contributed by atoms with Crippen LogP contribution in [-0.2, 0) is 27.2 Å². The zero-order valence-electron chi connectivity index (χ0n) is 21.8. The first-order chi connectivity index (χ1) is 18.4. The molecule has 0 spiro atoms. The second-order valence-corrected chi connectivity index (χ2v) is 12.5. The number of hydrogen-bond donors (Lipinski definition) is 3. The molecular formula is C28H35F3N2O5S. The van der Waals surface area contributed by atoms with Crippen LogP contribution in [-0.4, -0.2) is 60.5 Å². The molecule has 2 aliphatic rings. The first-order valence-electron chi connectivity index (χ1n) is 13.3. The lowest BCUT2D eigenvalue weighted by atomic mass is 9.85. The SMILES string of the molecule is C[C@H](c1ccc2c(c1)CCC[C@H]2NC(=O)[C@H](O)[C@H](O)CS(=O)(=O)c1cccc(C(F)(F)F)c1)N1CCCCC1. The zero-order chi connectivity index (χ0) is 28.4. The largest absolute Gasteiger partial charge is 0.416 e. The third-order valence-corrected chi connectivity index (χ3v) is 9.51. The summed E-state index contributed by atoms with van der Waals surface area (Å²) in [7, 11) is -4.42. The second kappa shape index (κ2) is 12.0. The average molecular weight is 569 g/mol. The number of carbonyl (C=O) groups excluding carboxylic acids is 1. The summed E-state index contributed by atoms with van der Waals surface area (Å²) in [5.74, 6) is -2.05. The molecule has 2 aromatic rings. The van der Waals surface area contributed by atoms with E-state index < -0.39 is 56.4 Å². The van der Waals surface area contributed by atoms with Crippen LogP contribution in [0.1, 0.15) is 73.4 Å². The molecule has 1 heterocycles. The second-order valence-electron chi connectivity index (χ2n) is 10.5. The van der Waals surface area contributed by atoms with Crippen LogP contribution in [0.4, 0.5) is 13.2 Å². The van der Waals surface area contributed by atoms with E-state index in [-0.39, 0.29) is 6.04 Å². The van der Waals surface area contributed by atoms with E-state index in [9.17, 15) is 36.6 Å². The van der Waals surface area contributed by atoms with E-state index in [1.54, 1.807) is 0 Å². The lowest BCUT2D eigenvalue weighted by molar-refractivity contribution is -0.137. The summed E-state index contributed by atoms with van der Waals surface area (Å²) in [5.41, 5.74) is 2.08. The summed E-state index contributed by atoms with van der Waals surface area (Å²) in [6, 6.07) is 9.19. The molecular weight excluding hydrogens is 533 g/mol. The van der Waals surface area contributed by atoms with Crippen molar-refractivity contribution in [3.8, 4) is 0 Å². The highest BCUT2D eigenvalue weighted by atomic mass is 32.2. The maximum Gasteiger partial charge on any atom is 0.416 e. The standard InChI is InChI=1S/C28H35F3N2O5S/c1-18(33-13-3-2-4-14-33)19-11-12-23-20(15-19)7-5-10-24(23)32-27(36)26(35)25(34)17-39(37,38)22-9-6-8-21(16-22)28(29,30)31/h6,8-9,11-12,15-16,18,24-26,34-35H,2-5,7,10,13-14,17H2,1H3,(H,32,36)/t18-,24-,25-,26-/m1/s1. The van der Waals surface area contributed by atoms with Crippen LogP contribution in [0.25, 0.3) is 0 Å². The summed E-state index contributed by atoms with van der Waals surface area (Å²) >= 11 is 0. The molecule has 1 aliphatic heterocycles. The predicted octanol–water partition coefficient (Wildman–Crippen LogP) is 3.94. The van der Waals surface area contributed by atoms with E-state index in [0.717, 1.165) is 55.3 Å². The number of nitrogens with one attached hydrogen (secondary N) is 1. The van der Waals surface area contributed by atoms with Crippen LogP contribution >= 0.6 is 0 Å². The predicted molar refractivity (Wildman–Crippen MR) is 140 cm³/mol. The number of fused-ring (bicyclic) bond motifs is 1. The number of likely N-dealkylation sites (tertiary alicyclic amines) is 1. The van der Waals surface area contributed by atoms with Crippen molar-refractivity contribution in [2.24, 2.45) is 0 Å². The molecule has 3 N–H and O–H groups in total. The van der Waals surface area contributed by atoms with Gasteiger partial charge in [0, 0.05) is 6.04 Å². The Hall–Kier alpha value is -2.47. The number of nitrogens with zero attached hydrogens (tertiary/aromatic N) is 1. The van der Waals surface area contributed by atoms with E-state index in [0.29, 0.717) is 12.5 Å². The minimum Gasteiger partial charge on any atom is -0.389 e. The number of amides is 1. The first kappa shape index (κ1) is 29.5. The van der Waals surface area contributed by atoms with Crippen molar-refractivity contribution in [3.63, 3.8) is 0 Å². The van der Waals surface area contributed by atoms with E-state index >= 15 is 0 Å². The fraction of sp³-hybridized carbons (Fsp3) is 0.536. The molecule has 0 saturated carbocycles. The topological polar surface area (TPSA) is 107 Å². The van der Waals surface area contributed by atoms with Gasteiger partial charge in [0.15, 0.2) is 15.9 Å². The molecule has 4 atom stereocenters. The number of hydrogen-bond acceptors (Lipinski definition) is 6. The fourth-order valence-corrected chi connectivity index (χ4v) is 6.89. The number of aryl methyl sites for hydroxylation is 1. The average Bonchev–Trinajstić information content (AvgIpc) is 2.92. The van der Waals surface area contributed by atoms with Gasteiger partial charge in [0.25, 0.3) is 5.91 Å². The van der Waals surface area contributed by atoms with Crippen molar-refractivity contribution < 1.29 is 36.6 Å². The molecule has 2 aromatic carbocycles. The zero-order valence-corrected chi connectivity index (χ0v) is 22.6. The molecule has 0 aromatic heterocycles. The van der Waals surface area contributed by atoms with Crippen LogP contribution < -0.4 is 5.32 Å². The van der Waals surface area contributed by atoms with Gasteiger partial charge in [0.2, 0.25) is 0 Å². The third kappa shape index (κ3) is 7.00.